The van der Waals surface area contributed by atoms with Gasteiger partial charge in [0.15, 0.2) is 0 Å². The van der Waals surface area contributed by atoms with E-state index in [0.29, 0.717) is 0 Å². The van der Waals surface area contributed by atoms with Crippen molar-refractivity contribution in [2.75, 3.05) is 24.3 Å². The second-order valence-corrected chi connectivity index (χ2v) is 4.02. The van der Waals surface area contributed by atoms with Crippen molar-refractivity contribution < 1.29 is 5.11 Å². The Hall–Kier alpha value is -2.50. The number of nitrogens with one attached hydrogen (secondary N) is 2. The van der Waals surface area contributed by atoms with E-state index in [1.807, 2.05) is 43.3 Å². The van der Waals surface area contributed by atoms with Crippen LogP contribution in [0.25, 0.3) is 0 Å². The van der Waals surface area contributed by atoms with Crippen LogP contribution in [0, 0.1) is 0 Å². The lowest BCUT2D eigenvalue weighted by Crippen LogP contribution is -2.09. The summed E-state index contributed by atoms with van der Waals surface area (Å²) in [6, 6.07) is 8.60. The lowest BCUT2D eigenvalue weighted by atomic mass is 10.2. The molecular formula is C12H14N4O2. The molecule has 2 aromatic rings. The third-order valence-electron chi connectivity index (χ3n) is 2.37. The maximum absolute atomic E-state index is 11.1. The number of H-pyrrole nitrogens is 1. The Morgan fingerprint density at radius 3 is 2.50 bits per heavy atom. The minimum absolute atomic E-state index is 0.206. The van der Waals surface area contributed by atoms with Crippen molar-refractivity contribution >= 4 is 17.3 Å². The molecule has 0 aliphatic heterocycles. The summed E-state index contributed by atoms with van der Waals surface area (Å²) in [5.74, 6) is -0.108. The standard InChI is InChI=1S/C12H14N4O2/c1-16(2)9-5-3-8(4-6-9)13-12-14-10(17)7-11(18)15-12/h3-7H,1-2H3,(H3,13,14,15,17,18). The Balaban J connectivity index is 2.20. The predicted octanol–water partition coefficient (Wildman–Crippen LogP) is 1.29. The van der Waals surface area contributed by atoms with E-state index in [4.69, 9.17) is 0 Å². The second kappa shape index (κ2) is 4.79. The first kappa shape index (κ1) is 12.0. The number of aromatic amines is 1. The van der Waals surface area contributed by atoms with Crippen LogP contribution in [0.4, 0.5) is 17.3 Å². The number of hydrogen-bond acceptors (Lipinski definition) is 5. The molecule has 0 saturated heterocycles. The van der Waals surface area contributed by atoms with Crippen LogP contribution in [0.15, 0.2) is 35.1 Å². The van der Waals surface area contributed by atoms with Crippen molar-refractivity contribution in [2.24, 2.45) is 0 Å². The smallest absolute Gasteiger partial charge is 0.256 e. The molecule has 94 valence electrons. The predicted molar refractivity (Wildman–Crippen MR) is 70.6 cm³/mol. The van der Waals surface area contributed by atoms with Crippen LogP contribution in [-0.2, 0) is 0 Å². The van der Waals surface area contributed by atoms with Crippen molar-refractivity contribution in [3.63, 3.8) is 0 Å². The molecule has 3 N–H and O–H groups in total. The maximum Gasteiger partial charge on any atom is 0.256 e. The SMILES string of the molecule is CN(C)c1ccc(Nc2nc(O)cc(=O)[nH]2)cc1. The Bertz CT molecular complexity index is 590. The van der Waals surface area contributed by atoms with Gasteiger partial charge in [-0.15, -0.1) is 0 Å². The molecule has 18 heavy (non-hydrogen) atoms. The minimum atomic E-state index is -0.407. The highest BCUT2D eigenvalue weighted by molar-refractivity contribution is 5.58. The maximum atomic E-state index is 11.1. The van der Waals surface area contributed by atoms with Crippen LogP contribution in [-0.4, -0.2) is 29.2 Å². The summed E-state index contributed by atoms with van der Waals surface area (Å²) in [6.07, 6.45) is 0. The molecular weight excluding hydrogens is 232 g/mol. The fourth-order valence-electron chi connectivity index (χ4n) is 1.48. The van der Waals surface area contributed by atoms with Crippen LogP contribution >= 0.6 is 0 Å². The van der Waals surface area contributed by atoms with E-state index in [1.165, 1.54) is 0 Å². The van der Waals surface area contributed by atoms with E-state index >= 15 is 0 Å². The van der Waals surface area contributed by atoms with Crippen LogP contribution in [0.5, 0.6) is 5.88 Å². The molecule has 0 unspecified atom stereocenters. The van der Waals surface area contributed by atoms with Gasteiger partial charge in [-0.25, -0.2) is 0 Å². The van der Waals surface area contributed by atoms with E-state index in [9.17, 15) is 9.90 Å². The normalized spacial score (nSPS) is 10.1. The third kappa shape index (κ3) is 2.79. The molecule has 0 fully saturated rings. The van der Waals surface area contributed by atoms with Crippen molar-refractivity contribution in [2.45, 2.75) is 0 Å². The molecule has 1 aromatic carbocycles. The van der Waals surface area contributed by atoms with E-state index in [-0.39, 0.29) is 11.8 Å². The second-order valence-electron chi connectivity index (χ2n) is 4.02. The molecule has 6 heteroatoms. The Labute approximate surface area is 104 Å². The van der Waals surface area contributed by atoms with Gasteiger partial charge < -0.3 is 15.3 Å². The molecule has 0 atom stereocenters. The minimum Gasteiger partial charge on any atom is -0.493 e. The van der Waals surface area contributed by atoms with Gasteiger partial charge in [-0.2, -0.15) is 4.98 Å². The zero-order valence-electron chi connectivity index (χ0n) is 10.1. The summed E-state index contributed by atoms with van der Waals surface area (Å²) in [7, 11) is 3.91. The Morgan fingerprint density at radius 1 is 1.28 bits per heavy atom. The number of benzene rings is 1. The molecule has 0 aliphatic carbocycles. The highest BCUT2D eigenvalue weighted by Gasteiger charge is 2.01. The molecule has 1 heterocycles. The van der Waals surface area contributed by atoms with E-state index in [0.717, 1.165) is 17.4 Å². The van der Waals surface area contributed by atoms with Crippen molar-refractivity contribution in [3.8, 4) is 5.88 Å². The number of hydrogen-bond donors (Lipinski definition) is 3. The number of nitrogens with zero attached hydrogens (tertiary/aromatic N) is 2. The molecule has 6 nitrogen and oxygen atoms in total. The first-order chi connectivity index (χ1) is 8.54. The van der Waals surface area contributed by atoms with Gasteiger partial charge in [0.1, 0.15) is 0 Å². The molecule has 0 radical (unpaired) electrons. The van der Waals surface area contributed by atoms with Crippen LogP contribution < -0.4 is 15.8 Å². The van der Waals surface area contributed by atoms with E-state index in [2.05, 4.69) is 15.3 Å². The molecule has 0 bridgehead atoms. The zero-order valence-corrected chi connectivity index (χ0v) is 10.1. The summed E-state index contributed by atoms with van der Waals surface area (Å²) >= 11 is 0. The lowest BCUT2D eigenvalue weighted by Gasteiger charge is -2.13. The molecule has 0 amide bonds. The third-order valence-corrected chi connectivity index (χ3v) is 2.37. The van der Waals surface area contributed by atoms with E-state index < -0.39 is 5.56 Å². The van der Waals surface area contributed by atoms with Crippen molar-refractivity contribution in [1.29, 1.82) is 0 Å². The van der Waals surface area contributed by atoms with Gasteiger partial charge in [-0.3, -0.25) is 9.78 Å². The molecule has 0 saturated carbocycles. The molecule has 1 aromatic heterocycles. The summed E-state index contributed by atoms with van der Waals surface area (Å²) < 4.78 is 0. The average molecular weight is 246 g/mol. The number of rotatable bonds is 3. The largest absolute Gasteiger partial charge is 0.493 e. The van der Waals surface area contributed by atoms with Crippen molar-refractivity contribution in [1.82, 2.24) is 9.97 Å². The highest BCUT2D eigenvalue weighted by Crippen LogP contribution is 2.18. The van der Waals surface area contributed by atoms with Gasteiger partial charge in [-0.1, -0.05) is 0 Å². The fraction of sp³-hybridized carbons (Fsp3) is 0.167. The van der Waals surface area contributed by atoms with Crippen LogP contribution in [0.3, 0.4) is 0 Å². The summed E-state index contributed by atoms with van der Waals surface area (Å²) in [6.45, 7) is 0. The highest BCUT2D eigenvalue weighted by atomic mass is 16.3. The van der Waals surface area contributed by atoms with Gasteiger partial charge in [0.05, 0.1) is 6.07 Å². The average Bonchev–Trinajstić information content (AvgIpc) is 2.28. The summed E-state index contributed by atoms with van der Waals surface area (Å²) in [5, 5.41) is 12.1. The monoisotopic (exact) mass is 246 g/mol. The number of aromatic hydroxyl groups is 1. The van der Waals surface area contributed by atoms with Crippen LogP contribution in [0.1, 0.15) is 0 Å². The zero-order chi connectivity index (χ0) is 13.1. The molecule has 0 spiro atoms. The van der Waals surface area contributed by atoms with Gasteiger partial charge in [-0.05, 0) is 24.3 Å². The summed E-state index contributed by atoms with van der Waals surface area (Å²) in [5.41, 5.74) is 1.43. The lowest BCUT2D eigenvalue weighted by molar-refractivity contribution is 0.452. The topological polar surface area (TPSA) is 81.2 Å². The Kier molecular flexibility index (Phi) is 3.18. The quantitative estimate of drug-likeness (QED) is 0.760. The van der Waals surface area contributed by atoms with Crippen molar-refractivity contribution in [3.05, 3.63) is 40.7 Å². The number of anilines is 3. The van der Waals surface area contributed by atoms with E-state index in [1.54, 1.807) is 0 Å². The van der Waals surface area contributed by atoms with Gasteiger partial charge in [0, 0.05) is 25.5 Å². The Morgan fingerprint density at radius 2 is 1.94 bits per heavy atom. The summed E-state index contributed by atoms with van der Waals surface area (Å²) in [4.78, 5) is 19.4. The first-order valence-corrected chi connectivity index (χ1v) is 5.39. The first-order valence-electron chi connectivity index (χ1n) is 5.39. The molecule has 2 rings (SSSR count). The number of aromatic nitrogens is 2. The van der Waals surface area contributed by atoms with Gasteiger partial charge >= 0.3 is 0 Å². The fourth-order valence-corrected chi connectivity index (χ4v) is 1.48. The van der Waals surface area contributed by atoms with Gasteiger partial charge in [0.2, 0.25) is 11.8 Å². The molecule has 0 aliphatic rings. The van der Waals surface area contributed by atoms with Crippen LogP contribution in [0.2, 0.25) is 0 Å². The van der Waals surface area contributed by atoms with Gasteiger partial charge in [0.25, 0.3) is 5.56 Å².